The molecule has 0 bridgehead atoms. The number of nitrogens with zero attached hydrogens (tertiary/aromatic N) is 3. The smallest absolute Gasteiger partial charge is 0.359 e. The third kappa shape index (κ3) is 11.3. The minimum Gasteiger partial charge on any atom is -0.480 e. The van der Waals surface area contributed by atoms with Crippen LogP contribution in [0.4, 0.5) is 11.4 Å². The summed E-state index contributed by atoms with van der Waals surface area (Å²) >= 11 is 0. The van der Waals surface area contributed by atoms with Crippen LogP contribution >= 0.6 is 0 Å². The first kappa shape index (κ1) is 35.8. The Labute approximate surface area is 256 Å². The molecule has 0 unspecified atom stereocenters. The molecule has 45 heavy (non-hydrogen) atoms. The number of nitrogens with two attached hydrogens (primary N) is 1. The molecule has 0 saturated heterocycles. The van der Waals surface area contributed by atoms with Crippen LogP contribution in [0.25, 0.3) is 0 Å². The molecule has 0 saturated carbocycles. The Kier molecular flexibility index (Phi) is 13.1. The van der Waals surface area contributed by atoms with Gasteiger partial charge < -0.3 is 36.6 Å². The third-order valence-corrected chi connectivity index (χ3v) is 6.63. The van der Waals surface area contributed by atoms with E-state index in [0.717, 1.165) is 4.90 Å². The van der Waals surface area contributed by atoms with Gasteiger partial charge in [0.15, 0.2) is 13.1 Å². The summed E-state index contributed by atoms with van der Waals surface area (Å²) in [5.41, 5.74) is 5.29. The van der Waals surface area contributed by atoms with Crippen LogP contribution in [0.3, 0.4) is 0 Å². The number of anilines is 1. The lowest BCUT2D eigenvalue weighted by atomic mass is 10.1. The molecule has 0 aliphatic rings. The van der Waals surface area contributed by atoms with E-state index >= 15 is 0 Å². The van der Waals surface area contributed by atoms with Crippen molar-refractivity contribution < 1.29 is 59.1 Å². The molecular weight excluding hydrogens is 598 g/mol. The van der Waals surface area contributed by atoms with Gasteiger partial charge in [-0.3, -0.25) is 38.3 Å². The Bertz CT molecular complexity index is 1410. The van der Waals surface area contributed by atoms with E-state index in [1.807, 2.05) is 0 Å². The normalized spacial score (nSPS) is 11.2. The van der Waals surface area contributed by atoms with Crippen LogP contribution in [-0.4, -0.2) is 136 Å². The summed E-state index contributed by atoms with van der Waals surface area (Å²) in [7, 11) is 0. The maximum atomic E-state index is 13.5. The molecule has 0 aliphatic heterocycles. The number of benzene rings is 2. The first-order valence-corrected chi connectivity index (χ1v) is 13.3. The topological polar surface area (TPSA) is 265 Å². The van der Waals surface area contributed by atoms with Crippen molar-refractivity contribution >= 4 is 53.0 Å². The van der Waals surface area contributed by atoms with Gasteiger partial charge in [0.05, 0.1) is 37.4 Å². The predicted octanol–water partition coefficient (Wildman–Crippen LogP) is -0.628. The Morgan fingerprint density at radius 2 is 1.09 bits per heavy atom. The second-order valence-corrected chi connectivity index (χ2v) is 10.0. The lowest BCUT2D eigenvalue weighted by molar-refractivity contribution is -0.143. The first-order chi connectivity index (χ1) is 21.1. The molecule has 2 aromatic rings. The Morgan fingerprint density at radius 3 is 1.60 bits per heavy atom. The van der Waals surface area contributed by atoms with Crippen LogP contribution in [0.2, 0.25) is 0 Å². The van der Waals surface area contributed by atoms with Crippen molar-refractivity contribution in [2.45, 2.75) is 0 Å². The number of para-hydroxylation sites is 2. The molecule has 2 aromatic carbocycles. The largest absolute Gasteiger partial charge is 0.480 e. The number of hydrogen-bond donors (Lipinski definition) is 7. The first-order valence-electron chi connectivity index (χ1n) is 13.3. The molecule has 2 amide bonds. The fourth-order valence-corrected chi connectivity index (χ4v) is 4.77. The molecule has 0 aromatic heterocycles. The number of rotatable bonds is 20. The average molecular weight is 633 g/mol. The van der Waals surface area contributed by atoms with Crippen molar-refractivity contribution in [2.75, 3.05) is 64.2 Å². The summed E-state index contributed by atoms with van der Waals surface area (Å²) in [4.78, 5) is 85.9. The summed E-state index contributed by atoms with van der Waals surface area (Å²) in [6, 6.07) is 11.5. The van der Waals surface area contributed by atoms with E-state index in [9.17, 15) is 48.9 Å². The number of nitrogens with one attached hydrogen (secondary N) is 1. The molecule has 242 valence electrons. The summed E-state index contributed by atoms with van der Waals surface area (Å²) in [5, 5.41) is 49.9. The van der Waals surface area contributed by atoms with E-state index in [1.54, 1.807) is 0 Å². The van der Waals surface area contributed by atoms with E-state index in [1.165, 1.54) is 53.4 Å². The second-order valence-electron chi connectivity index (χ2n) is 10.0. The molecule has 17 nitrogen and oxygen atoms in total. The Hall–Kier alpha value is -5.39. The minimum absolute atomic E-state index is 0.00990. The van der Waals surface area contributed by atoms with Crippen LogP contribution in [0.1, 0.15) is 20.7 Å². The second kappa shape index (κ2) is 16.5. The van der Waals surface area contributed by atoms with Crippen molar-refractivity contribution in [3.05, 3.63) is 59.7 Å². The van der Waals surface area contributed by atoms with Crippen molar-refractivity contribution in [2.24, 2.45) is 5.73 Å². The van der Waals surface area contributed by atoms with Crippen molar-refractivity contribution in [3.8, 4) is 0 Å². The van der Waals surface area contributed by atoms with E-state index < -0.39 is 78.9 Å². The molecule has 8 N–H and O–H groups in total. The summed E-state index contributed by atoms with van der Waals surface area (Å²) in [5.74, 6) is -8.42. The summed E-state index contributed by atoms with van der Waals surface area (Å²) in [6.45, 7) is -4.54. The number of carboxylic acid groups (broad SMARTS) is 5. The van der Waals surface area contributed by atoms with Gasteiger partial charge in [0.1, 0.15) is 11.3 Å². The zero-order chi connectivity index (χ0) is 33.7. The van der Waals surface area contributed by atoms with Gasteiger partial charge in [-0.05, 0) is 24.3 Å². The number of carbonyl (C=O) groups excluding carboxylic acids is 2. The van der Waals surface area contributed by atoms with Crippen molar-refractivity contribution in [1.82, 2.24) is 14.3 Å². The predicted molar refractivity (Wildman–Crippen MR) is 157 cm³/mol. The van der Waals surface area contributed by atoms with Crippen molar-refractivity contribution in [3.63, 3.8) is 0 Å². The zero-order valence-electron chi connectivity index (χ0n) is 24.0. The van der Waals surface area contributed by atoms with Gasteiger partial charge >= 0.3 is 29.8 Å². The SMILES string of the molecule is NC(=O)c1ccccc1NC(=O)c1ccccc1[N+](CCN(CCN(CC(=O)O)CC(=O)O)CC(=O)O)(CC(=O)O)CC(=O)O. The molecule has 17 heteroatoms. The average Bonchev–Trinajstić information content (AvgIpc) is 2.93. The quantitative estimate of drug-likeness (QED) is 0.0897. The zero-order valence-corrected chi connectivity index (χ0v) is 24.0. The van der Waals surface area contributed by atoms with Crippen molar-refractivity contribution in [1.29, 1.82) is 0 Å². The van der Waals surface area contributed by atoms with Gasteiger partial charge in [-0.2, -0.15) is 0 Å². The van der Waals surface area contributed by atoms with Crippen LogP contribution in [0, 0.1) is 0 Å². The lowest BCUT2D eigenvalue weighted by Gasteiger charge is -2.38. The highest BCUT2D eigenvalue weighted by atomic mass is 16.4. The molecule has 2 rings (SSSR count). The molecule has 0 spiro atoms. The van der Waals surface area contributed by atoms with Gasteiger partial charge in [-0.1, -0.05) is 24.3 Å². The summed E-state index contributed by atoms with van der Waals surface area (Å²) in [6.07, 6.45) is 0. The maximum absolute atomic E-state index is 13.5. The third-order valence-electron chi connectivity index (χ3n) is 6.63. The Balaban J connectivity index is 2.52. The van der Waals surface area contributed by atoms with Gasteiger partial charge in [-0.25, -0.2) is 9.59 Å². The minimum atomic E-state index is -1.43. The molecule has 0 atom stereocenters. The fraction of sp³-hybridized carbons (Fsp3) is 0.321. The highest BCUT2D eigenvalue weighted by Gasteiger charge is 2.39. The number of amides is 2. The van der Waals surface area contributed by atoms with E-state index in [-0.39, 0.29) is 48.7 Å². The van der Waals surface area contributed by atoms with Crippen LogP contribution in [0.15, 0.2) is 48.5 Å². The number of hydrogen-bond acceptors (Lipinski definition) is 9. The number of primary amides is 1. The highest BCUT2D eigenvalue weighted by molar-refractivity contribution is 6.11. The van der Waals surface area contributed by atoms with Crippen LogP contribution < -0.4 is 15.5 Å². The lowest BCUT2D eigenvalue weighted by Crippen LogP contribution is -2.59. The number of carbonyl (C=O) groups is 7. The Morgan fingerprint density at radius 1 is 0.622 bits per heavy atom. The fourth-order valence-electron chi connectivity index (χ4n) is 4.77. The number of quaternary nitrogens is 1. The molecule has 0 fully saturated rings. The number of aliphatic carboxylic acids is 5. The van der Waals surface area contributed by atoms with Crippen LogP contribution in [-0.2, 0) is 24.0 Å². The van der Waals surface area contributed by atoms with E-state index in [0.29, 0.717) is 0 Å². The molecular formula is C28H34N5O12+. The molecule has 0 radical (unpaired) electrons. The monoisotopic (exact) mass is 632 g/mol. The van der Waals surface area contributed by atoms with Gasteiger partial charge in [-0.15, -0.1) is 0 Å². The van der Waals surface area contributed by atoms with Gasteiger partial charge in [0.25, 0.3) is 11.8 Å². The maximum Gasteiger partial charge on any atom is 0.359 e. The summed E-state index contributed by atoms with van der Waals surface area (Å²) < 4.78 is -0.851. The van der Waals surface area contributed by atoms with Crippen LogP contribution in [0.5, 0.6) is 0 Å². The van der Waals surface area contributed by atoms with Gasteiger partial charge in [0, 0.05) is 19.6 Å². The standard InChI is InChI=1S/C28H33N5O12/c29-27(44)18-5-1-3-7-20(18)30-28(45)19-6-2-4-8-21(19)33(16-25(40)41,17-26(42)43)12-11-31(13-22(34)35)9-10-32(14-23(36)37)15-24(38)39/h1-8H,9-17H2,(H7-,29,30,34,35,36,37,38,39,40,41,42,43,44,45)/p+1. The van der Waals surface area contributed by atoms with Gasteiger partial charge in [0.2, 0.25) is 0 Å². The molecule has 0 aliphatic carbocycles. The molecule has 0 heterocycles. The van der Waals surface area contributed by atoms with E-state index in [2.05, 4.69) is 5.32 Å². The van der Waals surface area contributed by atoms with E-state index in [4.69, 9.17) is 15.9 Å². The number of carboxylic acids is 5. The highest BCUT2D eigenvalue weighted by Crippen LogP contribution is 2.29.